The summed E-state index contributed by atoms with van der Waals surface area (Å²) >= 11 is 0. The molecule has 0 bridgehead atoms. The largest absolute Gasteiger partial charge is 0.460 e. The minimum Gasteiger partial charge on any atom is -0.460 e. The van der Waals surface area contributed by atoms with Crippen LogP contribution in [0.4, 0.5) is 0 Å². The zero-order valence-electron chi connectivity index (χ0n) is 29.2. The van der Waals surface area contributed by atoms with Crippen LogP contribution in [0.1, 0.15) is 100 Å². The molecule has 3 fully saturated rings. The topological polar surface area (TPSA) is 157 Å². The van der Waals surface area contributed by atoms with Crippen molar-refractivity contribution in [3.8, 4) is 0 Å². The number of ketones is 1. The predicted octanol–water partition coefficient (Wildman–Crippen LogP) is 2.95. The first kappa shape index (κ1) is 37.4. The molecule has 0 spiro atoms. The van der Waals surface area contributed by atoms with Gasteiger partial charge in [0.15, 0.2) is 0 Å². The number of rotatable bonds is 13. The number of amides is 3. The first-order valence-corrected chi connectivity index (χ1v) is 16.6. The molecule has 12 heteroatoms. The second-order valence-corrected chi connectivity index (χ2v) is 15.7. The molecule has 1 aliphatic heterocycles. The molecule has 0 radical (unpaired) electrons. The second-order valence-electron chi connectivity index (χ2n) is 15.7. The lowest BCUT2D eigenvalue weighted by Gasteiger charge is -2.37. The SMILES string of the molecule is COCC(NC(=O)C1C2C(CN1C(=O)C(CC(=O)OC(C)(C)C)C1CCCCC1)C2(C)C)C(=O)C(=O)NCCC(=O)OC(C)(C)C. The van der Waals surface area contributed by atoms with E-state index < -0.39 is 58.7 Å². The van der Waals surface area contributed by atoms with Crippen molar-refractivity contribution in [3.05, 3.63) is 0 Å². The summed E-state index contributed by atoms with van der Waals surface area (Å²) in [5, 5.41) is 5.11. The molecule has 46 heavy (non-hydrogen) atoms. The van der Waals surface area contributed by atoms with Gasteiger partial charge in [-0.1, -0.05) is 33.1 Å². The fraction of sp³-hybridized carbons (Fsp3) is 0.824. The van der Waals surface area contributed by atoms with Gasteiger partial charge in [-0.25, -0.2) is 0 Å². The van der Waals surface area contributed by atoms with E-state index in [9.17, 15) is 28.8 Å². The quantitative estimate of drug-likeness (QED) is 0.226. The number of likely N-dealkylation sites (tertiary alicyclic amines) is 1. The Morgan fingerprint density at radius 3 is 2.04 bits per heavy atom. The van der Waals surface area contributed by atoms with E-state index in [1.807, 2.05) is 0 Å². The van der Waals surface area contributed by atoms with Gasteiger partial charge in [-0.2, -0.15) is 0 Å². The van der Waals surface area contributed by atoms with Gasteiger partial charge in [0.1, 0.15) is 23.3 Å². The van der Waals surface area contributed by atoms with Gasteiger partial charge in [0.05, 0.1) is 25.4 Å². The maximum absolute atomic E-state index is 14.3. The molecule has 3 rings (SSSR count). The van der Waals surface area contributed by atoms with Crippen LogP contribution in [0.25, 0.3) is 0 Å². The van der Waals surface area contributed by atoms with Crippen LogP contribution in [0.5, 0.6) is 0 Å². The summed E-state index contributed by atoms with van der Waals surface area (Å²) in [5.41, 5.74) is -1.56. The Labute approximate surface area is 273 Å². The molecule has 3 aliphatic rings. The number of fused-ring (bicyclic) bond motifs is 1. The fourth-order valence-electron chi connectivity index (χ4n) is 7.10. The van der Waals surface area contributed by atoms with Gasteiger partial charge in [-0.15, -0.1) is 0 Å². The predicted molar refractivity (Wildman–Crippen MR) is 169 cm³/mol. The number of carbonyl (C=O) groups excluding carboxylic acids is 6. The molecule has 12 nitrogen and oxygen atoms in total. The van der Waals surface area contributed by atoms with E-state index >= 15 is 0 Å². The Balaban J connectivity index is 1.75. The van der Waals surface area contributed by atoms with Crippen molar-refractivity contribution in [2.75, 3.05) is 26.8 Å². The maximum atomic E-state index is 14.3. The highest BCUT2D eigenvalue weighted by molar-refractivity contribution is 6.38. The first-order chi connectivity index (χ1) is 21.3. The lowest BCUT2D eigenvalue weighted by atomic mass is 9.77. The smallest absolute Gasteiger partial charge is 0.308 e. The van der Waals surface area contributed by atoms with Crippen molar-refractivity contribution < 1.29 is 43.0 Å². The molecule has 260 valence electrons. The van der Waals surface area contributed by atoms with Crippen molar-refractivity contribution in [3.63, 3.8) is 0 Å². The van der Waals surface area contributed by atoms with Gasteiger partial charge in [0, 0.05) is 20.2 Å². The van der Waals surface area contributed by atoms with Crippen molar-refractivity contribution in [2.24, 2.45) is 29.1 Å². The van der Waals surface area contributed by atoms with Crippen LogP contribution >= 0.6 is 0 Å². The van der Waals surface area contributed by atoms with Crippen molar-refractivity contribution >= 4 is 35.4 Å². The molecular weight excluding hydrogens is 594 g/mol. The first-order valence-electron chi connectivity index (χ1n) is 16.6. The van der Waals surface area contributed by atoms with Crippen molar-refractivity contribution in [1.82, 2.24) is 15.5 Å². The zero-order chi connectivity index (χ0) is 34.6. The number of nitrogens with one attached hydrogen (secondary N) is 2. The van der Waals surface area contributed by atoms with E-state index in [4.69, 9.17) is 14.2 Å². The summed E-state index contributed by atoms with van der Waals surface area (Å²) in [6.07, 6.45) is 4.52. The molecule has 2 saturated carbocycles. The summed E-state index contributed by atoms with van der Waals surface area (Å²) in [7, 11) is 1.35. The Hall–Kier alpha value is -3.02. The third kappa shape index (κ3) is 9.75. The minimum absolute atomic E-state index is 0.00890. The van der Waals surface area contributed by atoms with Gasteiger partial charge < -0.3 is 29.7 Å². The van der Waals surface area contributed by atoms with Crippen LogP contribution < -0.4 is 10.6 Å². The van der Waals surface area contributed by atoms with Crippen LogP contribution in [-0.2, 0) is 43.0 Å². The molecule has 1 saturated heterocycles. The number of Topliss-reactive ketones (excluding diaryl/α,β-unsaturated/α-hetero) is 1. The van der Waals surface area contributed by atoms with Crippen LogP contribution in [0.3, 0.4) is 0 Å². The van der Waals surface area contributed by atoms with Crippen molar-refractivity contribution in [1.29, 1.82) is 0 Å². The molecule has 2 N–H and O–H groups in total. The van der Waals surface area contributed by atoms with E-state index in [-0.39, 0.29) is 55.1 Å². The maximum Gasteiger partial charge on any atom is 0.308 e. The number of piperidine rings is 1. The Morgan fingerprint density at radius 1 is 0.891 bits per heavy atom. The number of carbonyl (C=O) groups is 6. The number of hydrogen-bond acceptors (Lipinski definition) is 9. The molecule has 0 aromatic rings. The molecule has 5 atom stereocenters. The number of esters is 2. The van der Waals surface area contributed by atoms with E-state index in [0.717, 1.165) is 32.1 Å². The Kier molecular flexibility index (Phi) is 12.1. The minimum atomic E-state index is -1.30. The molecule has 5 unspecified atom stereocenters. The second kappa shape index (κ2) is 14.8. The standard InChI is InChI=1S/C34H55N3O9/c1-32(2,3)45-24(38)15-16-35-30(42)28(40)23(19-44-9)36-29(41)27-26-22(34(26,7)8)18-37(27)31(43)21(20-13-11-10-12-14-20)17-25(39)46-33(4,5)6/h20-23,26-27H,10-19H2,1-9H3,(H,35,42)(H,36,41). The fourth-order valence-corrected chi connectivity index (χ4v) is 7.10. The van der Waals surface area contributed by atoms with Gasteiger partial charge in [0.25, 0.3) is 5.91 Å². The third-order valence-electron chi connectivity index (χ3n) is 9.33. The summed E-state index contributed by atoms with van der Waals surface area (Å²) in [5.74, 6) is -4.28. The number of methoxy groups -OCH3 is 1. The summed E-state index contributed by atoms with van der Waals surface area (Å²) in [6, 6.07) is -2.16. The Morgan fingerprint density at radius 2 is 1.48 bits per heavy atom. The van der Waals surface area contributed by atoms with Crippen LogP contribution in [-0.4, -0.2) is 90.4 Å². The highest BCUT2D eigenvalue weighted by Crippen LogP contribution is 2.65. The third-order valence-corrected chi connectivity index (χ3v) is 9.33. The molecule has 3 amide bonds. The lowest BCUT2D eigenvalue weighted by Crippen LogP contribution is -2.57. The van der Waals surface area contributed by atoms with Gasteiger partial charge in [-0.3, -0.25) is 28.8 Å². The number of ether oxygens (including phenoxy) is 3. The number of hydrogen-bond donors (Lipinski definition) is 2. The average molecular weight is 650 g/mol. The van der Waals surface area contributed by atoms with Gasteiger partial charge >= 0.3 is 11.9 Å². The van der Waals surface area contributed by atoms with Gasteiger partial charge in [-0.05, 0) is 77.6 Å². The van der Waals surface area contributed by atoms with Crippen LogP contribution in [0.2, 0.25) is 0 Å². The van der Waals surface area contributed by atoms with E-state index in [0.29, 0.717) is 6.54 Å². The summed E-state index contributed by atoms with van der Waals surface area (Å²) < 4.78 is 16.0. The summed E-state index contributed by atoms with van der Waals surface area (Å²) in [4.78, 5) is 80.6. The normalized spacial score (nSPS) is 23.8. The van der Waals surface area contributed by atoms with E-state index in [1.165, 1.54) is 7.11 Å². The van der Waals surface area contributed by atoms with E-state index in [1.54, 1.807) is 46.4 Å². The number of nitrogens with zero attached hydrogens (tertiary/aromatic N) is 1. The average Bonchev–Trinajstić information content (AvgIpc) is 3.25. The molecule has 0 aromatic carbocycles. The summed E-state index contributed by atoms with van der Waals surface area (Å²) in [6.45, 7) is 14.7. The molecule has 1 heterocycles. The highest BCUT2D eigenvalue weighted by Gasteiger charge is 2.69. The lowest BCUT2D eigenvalue weighted by molar-refractivity contribution is -0.160. The zero-order valence-corrected chi connectivity index (χ0v) is 29.2. The van der Waals surface area contributed by atoms with E-state index in [2.05, 4.69) is 24.5 Å². The van der Waals surface area contributed by atoms with Gasteiger partial charge in [0.2, 0.25) is 17.6 Å². The molecule has 2 aliphatic carbocycles. The molecular formula is C34H55N3O9. The van der Waals surface area contributed by atoms with Crippen LogP contribution in [0, 0.1) is 29.1 Å². The molecule has 0 aromatic heterocycles. The van der Waals surface area contributed by atoms with Crippen LogP contribution in [0.15, 0.2) is 0 Å². The monoisotopic (exact) mass is 649 g/mol. The highest BCUT2D eigenvalue weighted by atomic mass is 16.6. The Bertz CT molecular complexity index is 1160. The van der Waals surface area contributed by atoms with Crippen molar-refractivity contribution in [2.45, 2.75) is 124 Å².